The van der Waals surface area contributed by atoms with E-state index < -0.39 is 0 Å². The summed E-state index contributed by atoms with van der Waals surface area (Å²) in [5.41, 5.74) is 1.52. The first-order valence-electron chi connectivity index (χ1n) is 12.4. The van der Waals surface area contributed by atoms with Gasteiger partial charge in [-0.1, -0.05) is 41.9 Å². The molecule has 0 aliphatic carbocycles. The number of morpholine rings is 1. The topological polar surface area (TPSA) is 99.2 Å². The molecule has 2 aromatic heterocycles. The molecule has 1 saturated heterocycles. The molecule has 1 amide bonds. The lowest BCUT2D eigenvalue weighted by Gasteiger charge is -2.26. The first-order chi connectivity index (χ1) is 19.1. The summed E-state index contributed by atoms with van der Waals surface area (Å²) >= 11 is 6.43. The average molecular weight is 543 g/mol. The smallest absolute Gasteiger partial charge is 0.282 e. The van der Waals surface area contributed by atoms with E-state index in [0.717, 1.165) is 5.39 Å². The molecular weight excluding hydrogens is 520 g/mol. The molecule has 39 heavy (non-hydrogen) atoms. The van der Waals surface area contributed by atoms with E-state index in [9.17, 15) is 9.59 Å². The van der Waals surface area contributed by atoms with Crippen LogP contribution in [0.3, 0.4) is 0 Å². The second kappa shape index (κ2) is 10.7. The van der Waals surface area contributed by atoms with Gasteiger partial charge < -0.3 is 18.8 Å². The number of rotatable bonds is 6. The lowest BCUT2D eigenvalue weighted by Crippen LogP contribution is -2.43. The monoisotopic (exact) mass is 542 g/mol. The van der Waals surface area contributed by atoms with Gasteiger partial charge in [-0.15, -0.1) is 0 Å². The summed E-state index contributed by atoms with van der Waals surface area (Å²) in [6, 6.07) is 21.6. The van der Waals surface area contributed by atoms with Gasteiger partial charge in [-0.05, 0) is 48.0 Å². The zero-order chi connectivity index (χ0) is 26.8. The molecule has 9 nitrogen and oxygen atoms in total. The van der Waals surface area contributed by atoms with E-state index in [0.29, 0.717) is 64.9 Å². The Kier molecular flexibility index (Phi) is 6.83. The fourth-order valence-electron chi connectivity index (χ4n) is 4.36. The Bertz CT molecular complexity index is 1740. The maximum absolute atomic E-state index is 13.4. The molecule has 0 atom stereocenters. The van der Waals surface area contributed by atoms with Gasteiger partial charge in [0.2, 0.25) is 5.82 Å². The Hall–Kier alpha value is -4.47. The van der Waals surface area contributed by atoms with Crippen molar-refractivity contribution in [1.29, 1.82) is 0 Å². The van der Waals surface area contributed by atoms with Gasteiger partial charge >= 0.3 is 0 Å². The van der Waals surface area contributed by atoms with Crippen molar-refractivity contribution < 1.29 is 18.7 Å². The van der Waals surface area contributed by atoms with Crippen molar-refractivity contribution in [3.63, 3.8) is 0 Å². The molecular formula is C29H23ClN4O5. The van der Waals surface area contributed by atoms with Crippen molar-refractivity contribution in [2.75, 3.05) is 32.9 Å². The summed E-state index contributed by atoms with van der Waals surface area (Å²) in [5, 5.41) is 6.10. The van der Waals surface area contributed by atoms with Crippen molar-refractivity contribution in [3.8, 4) is 17.3 Å². The predicted molar refractivity (Wildman–Crippen MR) is 149 cm³/mol. The molecule has 0 N–H and O–H groups in total. The van der Waals surface area contributed by atoms with E-state index in [4.69, 9.17) is 30.5 Å². The summed E-state index contributed by atoms with van der Waals surface area (Å²) in [7, 11) is 0. The Labute approximate surface area is 227 Å². The van der Waals surface area contributed by atoms with E-state index in [-0.39, 0.29) is 23.9 Å². The number of benzene rings is 3. The molecule has 1 fully saturated rings. The standard InChI is InChI=1S/C29H23ClN4O5/c30-22-15-19(9-10-25(22)38-18-27(35)33-11-13-37-14-12-33)17-31-34-28(26-16-20-5-1-4-8-24(20)39-26)32-23-7-3-2-6-21(23)29(34)36/h1-10,15-17H,11-14,18H2. The van der Waals surface area contributed by atoms with Crippen LogP contribution in [-0.4, -0.2) is 59.6 Å². The lowest BCUT2D eigenvalue weighted by molar-refractivity contribution is -0.137. The molecule has 0 unspecified atom stereocenters. The molecule has 0 radical (unpaired) electrons. The maximum Gasteiger partial charge on any atom is 0.282 e. The van der Waals surface area contributed by atoms with E-state index in [1.54, 1.807) is 41.3 Å². The highest BCUT2D eigenvalue weighted by molar-refractivity contribution is 6.32. The number of carbonyl (C=O) groups excluding carboxylic acids is 1. The van der Waals surface area contributed by atoms with Gasteiger partial charge in [0.05, 0.1) is 35.4 Å². The van der Waals surface area contributed by atoms with Crippen LogP contribution in [0.2, 0.25) is 5.02 Å². The van der Waals surface area contributed by atoms with Gasteiger partial charge in [0, 0.05) is 18.5 Å². The zero-order valence-corrected chi connectivity index (χ0v) is 21.5. The first kappa shape index (κ1) is 24.8. The minimum Gasteiger partial charge on any atom is -0.482 e. The number of furan rings is 1. The summed E-state index contributed by atoms with van der Waals surface area (Å²) in [6.45, 7) is 2.02. The molecule has 1 aliphatic rings. The van der Waals surface area contributed by atoms with Crippen LogP contribution in [0.1, 0.15) is 5.56 Å². The second-order valence-corrected chi connectivity index (χ2v) is 9.34. The summed E-state index contributed by atoms with van der Waals surface area (Å²) in [6.07, 6.45) is 1.51. The fourth-order valence-corrected chi connectivity index (χ4v) is 4.61. The quantitative estimate of drug-likeness (QED) is 0.291. The molecule has 6 rings (SSSR count). The number of halogens is 1. The van der Waals surface area contributed by atoms with Crippen LogP contribution >= 0.6 is 11.6 Å². The molecule has 1 aliphatic heterocycles. The van der Waals surface area contributed by atoms with Gasteiger partial charge in [0.15, 0.2) is 12.4 Å². The van der Waals surface area contributed by atoms with Gasteiger partial charge in [-0.3, -0.25) is 9.59 Å². The van der Waals surface area contributed by atoms with E-state index >= 15 is 0 Å². The van der Waals surface area contributed by atoms with Crippen molar-refractivity contribution in [3.05, 3.63) is 93.7 Å². The third-order valence-electron chi connectivity index (χ3n) is 6.39. The fraction of sp³-hybridized carbons (Fsp3) is 0.172. The molecule has 3 aromatic carbocycles. The van der Waals surface area contributed by atoms with Crippen molar-refractivity contribution in [2.45, 2.75) is 0 Å². The number of hydrogen-bond donors (Lipinski definition) is 0. The number of aromatic nitrogens is 2. The minimum atomic E-state index is -0.333. The van der Waals surface area contributed by atoms with Gasteiger partial charge in [-0.2, -0.15) is 9.78 Å². The Morgan fingerprint density at radius 3 is 2.67 bits per heavy atom. The molecule has 3 heterocycles. The zero-order valence-electron chi connectivity index (χ0n) is 20.7. The highest BCUT2D eigenvalue weighted by Crippen LogP contribution is 2.28. The molecule has 0 saturated carbocycles. The SMILES string of the molecule is O=C(COc1ccc(C=Nn2c(-c3cc4ccccc4o3)nc3ccccc3c2=O)cc1Cl)N1CCOCC1. The van der Waals surface area contributed by atoms with E-state index in [2.05, 4.69) is 5.10 Å². The second-order valence-electron chi connectivity index (χ2n) is 8.93. The van der Waals surface area contributed by atoms with Crippen LogP contribution < -0.4 is 10.3 Å². The molecule has 5 aromatic rings. The highest BCUT2D eigenvalue weighted by Gasteiger charge is 2.18. The predicted octanol–water partition coefficient (Wildman–Crippen LogP) is 4.58. The third-order valence-corrected chi connectivity index (χ3v) is 6.69. The molecule has 0 spiro atoms. The van der Waals surface area contributed by atoms with Crippen molar-refractivity contribution in [2.24, 2.45) is 5.10 Å². The minimum absolute atomic E-state index is 0.119. The average Bonchev–Trinajstić information content (AvgIpc) is 3.41. The highest BCUT2D eigenvalue weighted by atomic mass is 35.5. The number of carbonyl (C=O) groups is 1. The number of ether oxygens (including phenoxy) is 2. The first-order valence-corrected chi connectivity index (χ1v) is 12.8. The van der Waals surface area contributed by atoms with E-state index in [1.165, 1.54) is 10.9 Å². The number of hydrogen-bond acceptors (Lipinski definition) is 7. The molecule has 10 heteroatoms. The maximum atomic E-state index is 13.4. The van der Waals surface area contributed by atoms with Crippen LogP contribution in [-0.2, 0) is 9.53 Å². The normalized spacial score (nSPS) is 13.9. The Morgan fingerprint density at radius 1 is 1.05 bits per heavy atom. The summed E-state index contributed by atoms with van der Waals surface area (Å²) in [4.78, 5) is 32.2. The van der Waals surface area contributed by atoms with E-state index in [1.807, 2.05) is 36.4 Å². The van der Waals surface area contributed by atoms with Crippen LogP contribution in [0, 0.1) is 0 Å². The van der Waals surface area contributed by atoms with Crippen molar-refractivity contribution in [1.82, 2.24) is 14.6 Å². The molecule has 196 valence electrons. The lowest BCUT2D eigenvalue weighted by atomic mass is 10.2. The van der Waals surface area contributed by atoms with Crippen LogP contribution in [0.25, 0.3) is 33.5 Å². The number of nitrogens with zero attached hydrogens (tertiary/aromatic N) is 4. The number of amides is 1. The summed E-state index contributed by atoms with van der Waals surface area (Å²) in [5.74, 6) is 0.950. The van der Waals surface area contributed by atoms with Crippen LogP contribution in [0.5, 0.6) is 5.75 Å². The number of para-hydroxylation sites is 2. The van der Waals surface area contributed by atoms with Gasteiger partial charge in [0.1, 0.15) is 11.3 Å². The van der Waals surface area contributed by atoms with Gasteiger partial charge in [-0.25, -0.2) is 4.98 Å². The van der Waals surface area contributed by atoms with Crippen LogP contribution in [0.4, 0.5) is 0 Å². The largest absolute Gasteiger partial charge is 0.482 e. The van der Waals surface area contributed by atoms with Crippen molar-refractivity contribution >= 4 is 45.6 Å². The Balaban J connectivity index is 1.29. The summed E-state index contributed by atoms with van der Waals surface area (Å²) < 4.78 is 18.2. The number of fused-ring (bicyclic) bond motifs is 2. The van der Waals surface area contributed by atoms with Gasteiger partial charge in [0.25, 0.3) is 11.5 Å². The third kappa shape index (κ3) is 5.14. The Morgan fingerprint density at radius 2 is 1.85 bits per heavy atom. The van der Waals surface area contributed by atoms with Crippen LogP contribution in [0.15, 0.2) is 87.1 Å². The molecule has 0 bridgehead atoms.